The maximum absolute atomic E-state index is 12.9. The molecule has 1 aliphatic heterocycles. The molecule has 1 heterocycles. The van der Waals surface area contributed by atoms with Gasteiger partial charge in [-0.1, -0.05) is 41.4 Å². The third kappa shape index (κ3) is 4.08. The summed E-state index contributed by atoms with van der Waals surface area (Å²) in [6.07, 6.45) is 0.368. The minimum atomic E-state index is -0.0587. The molecule has 3 rings (SSSR count). The van der Waals surface area contributed by atoms with Gasteiger partial charge in [-0.3, -0.25) is 4.79 Å². The Bertz CT molecular complexity index is 797. The summed E-state index contributed by atoms with van der Waals surface area (Å²) in [6, 6.07) is 11.3. The summed E-state index contributed by atoms with van der Waals surface area (Å²) in [5, 5.41) is 1.14. The summed E-state index contributed by atoms with van der Waals surface area (Å²) >= 11 is 14.1. The highest BCUT2D eigenvalue weighted by molar-refractivity contribution is 7.99. The zero-order valence-electron chi connectivity index (χ0n) is 14.1. The Morgan fingerprint density at radius 2 is 2.08 bits per heavy atom. The third-order valence-corrected chi connectivity index (χ3v) is 6.06. The summed E-state index contributed by atoms with van der Waals surface area (Å²) in [7, 11) is 1.65. The van der Waals surface area contributed by atoms with Gasteiger partial charge in [-0.05, 0) is 36.2 Å². The van der Waals surface area contributed by atoms with Crippen molar-refractivity contribution in [1.29, 1.82) is 0 Å². The average Bonchev–Trinajstić information content (AvgIpc) is 3.04. The minimum Gasteiger partial charge on any atom is -0.496 e. The van der Waals surface area contributed by atoms with Crippen LogP contribution in [-0.2, 0) is 11.2 Å². The van der Waals surface area contributed by atoms with Gasteiger partial charge >= 0.3 is 0 Å². The van der Waals surface area contributed by atoms with E-state index in [0.717, 1.165) is 34.7 Å². The molecule has 2 aromatic carbocycles. The van der Waals surface area contributed by atoms with Crippen LogP contribution in [0.2, 0.25) is 10.0 Å². The van der Waals surface area contributed by atoms with E-state index in [9.17, 15) is 4.79 Å². The number of thioether (sulfide) groups is 1. The molecule has 0 saturated carbocycles. The molecule has 1 unspecified atom stereocenters. The Morgan fingerprint density at radius 1 is 1.28 bits per heavy atom. The second-order valence-corrected chi connectivity index (χ2v) is 7.99. The second kappa shape index (κ2) is 7.90. The number of methoxy groups -OCH3 is 1. The van der Waals surface area contributed by atoms with Gasteiger partial charge in [0.15, 0.2) is 0 Å². The molecule has 25 heavy (non-hydrogen) atoms. The summed E-state index contributed by atoms with van der Waals surface area (Å²) < 4.78 is 5.28. The highest BCUT2D eigenvalue weighted by Crippen LogP contribution is 2.41. The fourth-order valence-electron chi connectivity index (χ4n) is 3.01. The standard InChI is InChI=1S/C19H19Cl2NO2S/c1-12-9-13(3-6-17(12)24-2)10-18(23)22-7-8-25-19(22)15-5-4-14(20)11-16(15)21/h3-6,9,11,19H,7-8,10H2,1-2H3. The van der Waals surface area contributed by atoms with Crippen molar-refractivity contribution >= 4 is 40.9 Å². The van der Waals surface area contributed by atoms with E-state index in [-0.39, 0.29) is 11.3 Å². The number of ether oxygens (including phenoxy) is 1. The zero-order chi connectivity index (χ0) is 18.0. The lowest BCUT2D eigenvalue weighted by atomic mass is 10.1. The number of aryl methyl sites for hydroxylation is 1. The summed E-state index contributed by atoms with van der Waals surface area (Å²) in [6.45, 7) is 2.71. The number of rotatable bonds is 4. The molecule has 1 fully saturated rings. The first-order chi connectivity index (χ1) is 12.0. The highest BCUT2D eigenvalue weighted by Gasteiger charge is 2.31. The minimum absolute atomic E-state index is 0.0587. The Balaban J connectivity index is 1.78. The molecular weight excluding hydrogens is 377 g/mol. The number of nitrogens with zero attached hydrogens (tertiary/aromatic N) is 1. The third-order valence-electron chi connectivity index (χ3n) is 4.25. The Morgan fingerprint density at radius 3 is 2.76 bits per heavy atom. The molecule has 1 amide bonds. The second-order valence-electron chi connectivity index (χ2n) is 5.96. The predicted molar refractivity (Wildman–Crippen MR) is 105 cm³/mol. The van der Waals surface area contributed by atoms with Crippen LogP contribution < -0.4 is 4.74 Å². The van der Waals surface area contributed by atoms with Crippen molar-refractivity contribution in [3.05, 3.63) is 63.1 Å². The first kappa shape index (κ1) is 18.4. The maximum Gasteiger partial charge on any atom is 0.228 e. The molecule has 3 nitrogen and oxygen atoms in total. The van der Waals surface area contributed by atoms with Crippen molar-refractivity contribution in [3.8, 4) is 5.75 Å². The molecule has 0 bridgehead atoms. The van der Waals surface area contributed by atoms with Crippen LogP contribution in [0.3, 0.4) is 0 Å². The van der Waals surface area contributed by atoms with Gasteiger partial charge in [0.1, 0.15) is 11.1 Å². The van der Waals surface area contributed by atoms with Gasteiger partial charge < -0.3 is 9.64 Å². The average molecular weight is 396 g/mol. The van der Waals surface area contributed by atoms with Gasteiger partial charge in [0.05, 0.1) is 13.5 Å². The number of halogens is 2. The lowest BCUT2D eigenvalue weighted by Gasteiger charge is -2.25. The largest absolute Gasteiger partial charge is 0.496 e. The van der Waals surface area contributed by atoms with E-state index in [2.05, 4.69) is 0 Å². The lowest BCUT2D eigenvalue weighted by Crippen LogP contribution is -2.31. The van der Waals surface area contributed by atoms with Gasteiger partial charge in [-0.15, -0.1) is 11.8 Å². The molecule has 2 aromatic rings. The number of carbonyl (C=O) groups excluding carboxylic acids is 1. The topological polar surface area (TPSA) is 29.5 Å². The van der Waals surface area contributed by atoms with E-state index in [1.807, 2.05) is 42.2 Å². The smallest absolute Gasteiger partial charge is 0.228 e. The summed E-state index contributed by atoms with van der Waals surface area (Å²) in [5.41, 5.74) is 2.95. The van der Waals surface area contributed by atoms with Crippen LogP contribution in [0.4, 0.5) is 0 Å². The van der Waals surface area contributed by atoms with Crippen LogP contribution in [0.25, 0.3) is 0 Å². The van der Waals surface area contributed by atoms with Crippen molar-refractivity contribution in [2.75, 3.05) is 19.4 Å². The Kier molecular flexibility index (Phi) is 5.82. The Hall–Kier alpha value is -1.36. The number of amides is 1. The molecule has 6 heteroatoms. The van der Waals surface area contributed by atoms with Crippen LogP contribution in [0.1, 0.15) is 22.1 Å². The van der Waals surface area contributed by atoms with E-state index in [1.165, 1.54) is 0 Å². The van der Waals surface area contributed by atoms with Crippen LogP contribution in [0.5, 0.6) is 5.75 Å². The van der Waals surface area contributed by atoms with Gasteiger partial charge in [0.25, 0.3) is 0 Å². The number of hydrogen-bond acceptors (Lipinski definition) is 3. The molecule has 1 saturated heterocycles. The van der Waals surface area contributed by atoms with E-state index >= 15 is 0 Å². The quantitative estimate of drug-likeness (QED) is 0.718. The van der Waals surface area contributed by atoms with Crippen LogP contribution in [-0.4, -0.2) is 30.2 Å². The SMILES string of the molecule is COc1ccc(CC(=O)N2CCSC2c2ccc(Cl)cc2Cl)cc1C. The fourth-order valence-corrected chi connectivity index (χ4v) is 4.90. The van der Waals surface area contributed by atoms with Crippen molar-refractivity contribution in [3.63, 3.8) is 0 Å². The maximum atomic E-state index is 12.9. The molecule has 0 radical (unpaired) electrons. The highest BCUT2D eigenvalue weighted by atomic mass is 35.5. The molecule has 0 N–H and O–H groups in total. The van der Waals surface area contributed by atoms with Crippen molar-refractivity contribution in [1.82, 2.24) is 4.90 Å². The first-order valence-electron chi connectivity index (χ1n) is 7.99. The van der Waals surface area contributed by atoms with Crippen molar-refractivity contribution < 1.29 is 9.53 Å². The number of carbonyl (C=O) groups is 1. The van der Waals surface area contributed by atoms with E-state index < -0.39 is 0 Å². The summed E-state index contributed by atoms with van der Waals surface area (Å²) in [5.74, 6) is 1.83. The fraction of sp³-hybridized carbons (Fsp3) is 0.316. The van der Waals surface area contributed by atoms with E-state index in [0.29, 0.717) is 16.5 Å². The first-order valence-corrected chi connectivity index (χ1v) is 9.79. The Labute approximate surface area is 162 Å². The van der Waals surface area contributed by atoms with Crippen LogP contribution >= 0.6 is 35.0 Å². The molecular formula is C19H19Cl2NO2S. The van der Waals surface area contributed by atoms with Crippen LogP contribution in [0.15, 0.2) is 36.4 Å². The zero-order valence-corrected chi connectivity index (χ0v) is 16.4. The number of benzene rings is 2. The normalized spacial score (nSPS) is 17.0. The molecule has 1 aliphatic rings. The van der Waals surface area contributed by atoms with E-state index in [4.69, 9.17) is 27.9 Å². The van der Waals surface area contributed by atoms with Gasteiger partial charge in [0.2, 0.25) is 5.91 Å². The van der Waals surface area contributed by atoms with Crippen LogP contribution in [0, 0.1) is 6.92 Å². The monoisotopic (exact) mass is 395 g/mol. The van der Waals surface area contributed by atoms with Gasteiger partial charge in [-0.25, -0.2) is 0 Å². The molecule has 132 valence electrons. The summed E-state index contributed by atoms with van der Waals surface area (Å²) in [4.78, 5) is 14.8. The predicted octanol–water partition coefficient (Wildman–Crippen LogP) is 5.13. The molecule has 0 spiro atoms. The number of hydrogen-bond donors (Lipinski definition) is 0. The van der Waals surface area contributed by atoms with Crippen molar-refractivity contribution in [2.45, 2.75) is 18.7 Å². The lowest BCUT2D eigenvalue weighted by molar-refractivity contribution is -0.130. The van der Waals surface area contributed by atoms with Gasteiger partial charge in [0, 0.05) is 27.9 Å². The van der Waals surface area contributed by atoms with E-state index in [1.54, 1.807) is 24.9 Å². The molecule has 0 aromatic heterocycles. The molecule has 1 atom stereocenters. The van der Waals surface area contributed by atoms with Crippen molar-refractivity contribution in [2.24, 2.45) is 0 Å². The molecule has 0 aliphatic carbocycles. The van der Waals surface area contributed by atoms with Gasteiger partial charge in [-0.2, -0.15) is 0 Å².